The summed E-state index contributed by atoms with van der Waals surface area (Å²) in [5, 5.41) is 20.4. The molecule has 1 saturated heterocycles. The summed E-state index contributed by atoms with van der Waals surface area (Å²) in [6.45, 7) is 0.475. The van der Waals surface area contributed by atoms with Crippen molar-refractivity contribution in [3.8, 4) is 5.75 Å². The predicted molar refractivity (Wildman–Crippen MR) is 97.1 cm³/mol. The van der Waals surface area contributed by atoms with Gasteiger partial charge in [-0.2, -0.15) is 8.62 Å². The Hall–Kier alpha value is -0.760. The first-order chi connectivity index (χ1) is 14.1. The van der Waals surface area contributed by atoms with Crippen LogP contribution in [0.1, 0.15) is 17.2 Å². The average Bonchev–Trinajstić information content (AvgIpc) is 2.87. The molecule has 0 saturated carbocycles. The van der Waals surface area contributed by atoms with Crippen LogP contribution in [0.2, 0.25) is 0 Å². The molecule has 1 aliphatic heterocycles. The normalized spacial score (nSPS) is 28.2. The number of phosphoric acid groups is 3. The van der Waals surface area contributed by atoms with Gasteiger partial charge in [0.2, 0.25) is 0 Å². The largest absolute Gasteiger partial charge is 0.496 e. The summed E-state index contributed by atoms with van der Waals surface area (Å²) < 4.78 is 69.6. The standard InChI is InChI=1S/C13H20FO14P3/c1-6-3-9(24-2)7(4-8(6)14)13-12(16)11(15)10(26-13)5-25-30(20,21)28-31(22,23)27-29(17,18)19/h3-4,10-13,15-16H,5H2,1-2H3,(H,20,21)(H,22,23)(H2,17,18,19)/t10-,11+,12+,13+/m1/s1. The second-order valence-electron chi connectivity index (χ2n) is 6.31. The second kappa shape index (κ2) is 9.62. The Morgan fingerprint density at radius 1 is 1.03 bits per heavy atom. The molecule has 0 aliphatic carbocycles. The van der Waals surface area contributed by atoms with Crippen molar-refractivity contribution in [2.75, 3.05) is 13.7 Å². The topological polar surface area (TPSA) is 219 Å². The fraction of sp³-hybridized carbons (Fsp3) is 0.538. The van der Waals surface area contributed by atoms with E-state index in [1.165, 1.54) is 20.1 Å². The smallest absolute Gasteiger partial charge is 0.490 e. The number of hydrogen-bond donors (Lipinski definition) is 6. The number of aliphatic hydroxyl groups excluding tert-OH is 2. The lowest BCUT2D eigenvalue weighted by atomic mass is 9.99. The van der Waals surface area contributed by atoms with Gasteiger partial charge in [0.05, 0.1) is 13.7 Å². The predicted octanol–water partition coefficient (Wildman–Crippen LogP) is 0.648. The van der Waals surface area contributed by atoms with Crippen LogP contribution in [0.25, 0.3) is 0 Å². The number of methoxy groups -OCH3 is 1. The van der Waals surface area contributed by atoms with E-state index in [-0.39, 0.29) is 16.9 Å². The first kappa shape index (κ1) is 26.5. The maximum atomic E-state index is 14.0. The molecule has 1 aliphatic rings. The van der Waals surface area contributed by atoms with Crippen molar-refractivity contribution in [2.24, 2.45) is 0 Å². The molecule has 6 atom stereocenters. The molecule has 1 aromatic rings. The molecule has 2 rings (SSSR count). The van der Waals surface area contributed by atoms with Crippen LogP contribution < -0.4 is 4.74 Å². The van der Waals surface area contributed by atoms with E-state index in [1.807, 2.05) is 0 Å². The average molecular weight is 512 g/mol. The van der Waals surface area contributed by atoms with E-state index >= 15 is 0 Å². The molecule has 14 nitrogen and oxygen atoms in total. The number of phosphoric ester groups is 1. The Morgan fingerprint density at radius 2 is 1.65 bits per heavy atom. The number of ether oxygens (including phenoxy) is 2. The highest BCUT2D eigenvalue weighted by Crippen LogP contribution is 2.66. The van der Waals surface area contributed by atoms with Crippen molar-refractivity contribution >= 4 is 23.5 Å². The number of halogens is 1. The molecule has 31 heavy (non-hydrogen) atoms. The van der Waals surface area contributed by atoms with Crippen LogP contribution in [0.3, 0.4) is 0 Å². The molecule has 6 N–H and O–H groups in total. The summed E-state index contributed by atoms with van der Waals surface area (Å²) >= 11 is 0. The Bertz CT molecular complexity index is 950. The summed E-state index contributed by atoms with van der Waals surface area (Å²) in [4.78, 5) is 35.5. The highest BCUT2D eigenvalue weighted by molar-refractivity contribution is 7.66. The third kappa shape index (κ3) is 7.11. The van der Waals surface area contributed by atoms with E-state index in [1.54, 1.807) is 0 Å². The first-order valence-electron chi connectivity index (χ1n) is 8.19. The molecule has 1 aromatic carbocycles. The fourth-order valence-electron chi connectivity index (χ4n) is 2.68. The lowest BCUT2D eigenvalue weighted by Gasteiger charge is -2.19. The summed E-state index contributed by atoms with van der Waals surface area (Å²) in [5.74, 6) is -0.526. The van der Waals surface area contributed by atoms with Gasteiger partial charge in [-0.3, -0.25) is 4.52 Å². The lowest BCUT2D eigenvalue weighted by Crippen LogP contribution is -2.33. The zero-order valence-corrected chi connectivity index (χ0v) is 18.5. The number of aliphatic hydroxyl groups is 2. The van der Waals surface area contributed by atoms with Gasteiger partial charge in [-0.25, -0.2) is 18.1 Å². The molecule has 0 radical (unpaired) electrons. The van der Waals surface area contributed by atoms with Crippen LogP contribution >= 0.6 is 23.5 Å². The zero-order valence-electron chi connectivity index (χ0n) is 15.8. The fourth-order valence-corrected chi connectivity index (χ4v) is 5.71. The Morgan fingerprint density at radius 3 is 2.19 bits per heavy atom. The molecule has 2 unspecified atom stereocenters. The summed E-state index contributed by atoms with van der Waals surface area (Å²) in [7, 11) is -15.5. The van der Waals surface area contributed by atoms with E-state index in [9.17, 15) is 33.2 Å². The quantitative estimate of drug-likeness (QED) is 0.250. The Kier molecular flexibility index (Phi) is 8.22. The van der Waals surface area contributed by atoms with Crippen molar-refractivity contribution in [1.82, 2.24) is 0 Å². The van der Waals surface area contributed by atoms with Gasteiger partial charge in [-0.05, 0) is 24.6 Å². The van der Waals surface area contributed by atoms with Gasteiger partial charge in [0.1, 0.15) is 36.0 Å². The van der Waals surface area contributed by atoms with Gasteiger partial charge in [0.25, 0.3) is 0 Å². The van der Waals surface area contributed by atoms with Crippen LogP contribution in [0.15, 0.2) is 12.1 Å². The molecule has 178 valence electrons. The molecular weight excluding hydrogens is 492 g/mol. The van der Waals surface area contributed by atoms with Crippen LogP contribution in [-0.2, 0) is 31.6 Å². The van der Waals surface area contributed by atoms with Gasteiger partial charge in [-0.1, -0.05) is 0 Å². The van der Waals surface area contributed by atoms with Crippen molar-refractivity contribution in [2.45, 2.75) is 31.3 Å². The third-order valence-corrected chi connectivity index (χ3v) is 7.80. The van der Waals surface area contributed by atoms with Crippen LogP contribution in [0.5, 0.6) is 5.75 Å². The summed E-state index contributed by atoms with van der Waals surface area (Å²) in [5.41, 5.74) is 0.260. The molecule has 18 heteroatoms. The maximum absolute atomic E-state index is 14.0. The second-order valence-corrected chi connectivity index (χ2v) is 10.7. The van der Waals surface area contributed by atoms with Crippen LogP contribution in [0.4, 0.5) is 4.39 Å². The molecule has 1 fully saturated rings. The molecular formula is C13H20FO14P3. The van der Waals surface area contributed by atoms with Crippen molar-refractivity contribution in [3.63, 3.8) is 0 Å². The molecule has 0 bridgehead atoms. The number of benzene rings is 1. The minimum atomic E-state index is -5.72. The highest BCUT2D eigenvalue weighted by atomic mass is 31.3. The van der Waals surface area contributed by atoms with E-state index < -0.39 is 60.3 Å². The first-order valence-corrected chi connectivity index (χ1v) is 12.7. The van der Waals surface area contributed by atoms with Gasteiger partial charge in [0.15, 0.2) is 0 Å². The van der Waals surface area contributed by atoms with Gasteiger partial charge in [0, 0.05) is 5.56 Å². The summed E-state index contributed by atoms with van der Waals surface area (Å²) in [6.07, 6.45) is -6.20. The third-order valence-electron chi connectivity index (χ3n) is 4.00. The molecule has 0 aromatic heterocycles. The van der Waals surface area contributed by atoms with Crippen molar-refractivity contribution < 1.29 is 70.5 Å². The molecule has 1 heterocycles. The van der Waals surface area contributed by atoms with E-state index in [2.05, 4.69) is 13.1 Å². The number of aryl methyl sites for hydroxylation is 1. The number of hydrogen-bond acceptors (Lipinski definition) is 10. The highest BCUT2D eigenvalue weighted by Gasteiger charge is 2.47. The van der Waals surface area contributed by atoms with E-state index in [4.69, 9.17) is 24.2 Å². The van der Waals surface area contributed by atoms with Crippen molar-refractivity contribution in [3.05, 3.63) is 29.1 Å². The van der Waals surface area contributed by atoms with E-state index in [0.717, 1.165) is 6.07 Å². The zero-order chi connectivity index (χ0) is 23.8. The summed E-state index contributed by atoms with van der Waals surface area (Å²) in [6, 6.07) is 2.34. The van der Waals surface area contributed by atoms with Gasteiger partial charge >= 0.3 is 23.5 Å². The molecule has 0 amide bonds. The maximum Gasteiger partial charge on any atom is 0.490 e. The van der Waals surface area contributed by atoms with Crippen molar-refractivity contribution in [1.29, 1.82) is 0 Å². The lowest BCUT2D eigenvalue weighted by molar-refractivity contribution is -0.0228. The van der Waals surface area contributed by atoms with Crippen LogP contribution in [-0.4, -0.2) is 61.8 Å². The SMILES string of the molecule is COc1cc(C)c(F)cc1[C@@H]1O[C@H](COP(=O)(O)OP(=O)(O)OP(=O)(O)O)[C@H](O)[C@@H]1O. The van der Waals surface area contributed by atoms with Gasteiger partial charge in [-0.15, -0.1) is 0 Å². The minimum absolute atomic E-state index is 0.0259. The Balaban J connectivity index is 2.11. The van der Waals surface area contributed by atoms with Crippen LogP contribution in [0, 0.1) is 12.7 Å². The monoisotopic (exact) mass is 512 g/mol. The van der Waals surface area contributed by atoms with E-state index in [0.29, 0.717) is 0 Å². The van der Waals surface area contributed by atoms with Gasteiger partial charge < -0.3 is 39.3 Å². The molecule has 0 spiro atoms. The minimum Gasteiger partial charge on any atom is -0.496 e. The Labute approximate surface area is 174 Å². The number of rotatable bonds is 9.